The number of hydrogen-bond acceptors (Lipinski definition) is 4. The van der Waals surface area contributed by atoms with Crippen LogP contribution in [-0.2, 0) is 0 Å². The number of rotatable bonds is 4. The van der Waals surface area contributed by atoms with Crippen molar-refractivity contribution in [2.45, 2.75) is 37.9 Å². The van der Waals surface area contributed by atoms with Crippen LogP contribution >= 0.6 is 11.8 Å². The Hall–Kier alpha value is -0.770. The maximum atomic E-state index is 4.37. The van der Waals surface area contributed by atoms with E-state index in [2.05, 4.69) is 36.1 Å². The summed E-state index contributed by atoms with van der Waals surface area (Å²) in [4.78, 5) is 8.49. The molecule has 0 aliphatic heterocycles. The first-order valence-corrected chi connectivity index (χ1v) is 5.95. The quantitative estimate of drug-likeness (QED) is 0.614. The zero-order valence-corrected chi connectivity index (χ0v) is 9.98. The maximum Gasteiger partial charge on any atom is 0.189 e. The average molecular weight is 211 g/mol. The van der Waals surface area contributed by atoms with E-state index >= 15 is 0 Å². The molecular formula is C10H17N3S. The Morgan fingerprint density at radius 2 is 2.21 bits per heavy atom. The number of nitrogens with zero attached hydrogens (tertiary/aromatic N) is 2. The summed E-state index contributed by atoms with van der Waals surface area (Å²) in [6.07, 6.45) is 4.82. The van der Waals surface area contributed by atoms with E-state index in [0.717, 1.165) is 17.4 Å². The molecule has 1 rings (SSSR count). The van der Waals surface area contributed by atoms with Gasteiger partial charge in [0.25, 0.3) is 0 Å². The smallest absolute Gasteiger partial charge is 0.189 e. The van der Waals surface area contributed by atoms with Gasteiger partial charge in [-0.1, -0.05) is 18.7 Å². The molecule has 0 saturated heterocycles. The minimum atomic E-state index is 0.0873. The van der Waals surface area contributed by atoms with Crippen LogP contribution in [0.25, 0.3) is 0 Å². The summed E-state index contributed by atoms with van der Waals surface area (Å²) in [5.41, 5.74) is 0.0873. The third-order valence-corrected chi connectivity index (χ3v) is 2.73. The molecule has 78 valence electrons. The Morgan fingerprint density at radius 3 is 2.79 bits per heavy atom. The molecule has 1 aromatic rings. The summed E-state index contributed by atoms with van der Waals surface area (Å²) in [6, 6.07) is 1.90. The zero-order chi connectivity index (χ0) is 10.6. The van der Waals surface area contributed by atoms with Gasteiger partial charge in [0.2, 0.25) is 0 Å². The predicted octanol–water partition coefficient (Wildman–Crippen LogP) is 2.80. The lowest BCUT2D eigenvalue weighted by Gasteiger charge is -2.25. The third kappa shape index (κ3) is 3.18. The second-order valence-electron chi connectivity index (χ2n) is 3.79. The third-order valence-electron chi connectivity index (χ3n) is 2.17. The van der Waals surface area contributed by atoms with Crippen molar-refractivity contribution >= 4 is 17.6 Å². The normalized spacial score (nSPS) is 11.4. The monoisotopic (exact) mass is 211 g/mol. The summed E-state index contributed by atoms with van der Waals surface area (Å²) in [7, 11) is 0. The lowest BCUT2D eigenvalue weighted by Crippen LogP contribution is -2.30. The molecule has 1 N–H and O–H groups in total. The van der Waals surface area contributed by atoms with Gasteiger partial charge in [-0.2, -0.15) is 0 Å². The van der Waals surface area contributed by atoms with E-state index in [9.17, 15) is 0 Å². The predicted molar refractivity (Wildman–Crippen MR) is 61.8 cm³/mol. The van der Waals surface area contributed by atoms with Crippen molar-refractivity contribution in [3.8, 4) is 0 Å². The topological polar surface area (TPSA) is 37.8 Å². The highest BCUT2D eigenvalue weighted by Crippen LogP contribution is 2.17. The molecule has 3 nitrogen and oxygen atoms in total. The molecule has 0 aliphatic carbocycles. The molecular weight excluding hydrogens is 194 g/mol. The first kappa shape index (κ1) is 11.3. The largest absolute Gasteiger partial charge is 0.365 e. The molecule has 0 radical (unpaired) electrons. The highest BCUT2D eigenvalue weighted by molar-refractivity contribution is 7.98. The van der Waals surface area contributed by atoms with Crippen LogP contribution in [0.3, 0.4) is 0 Å². The fraction of sp³-hybridized carbons (Fsp3) is 0.600. The van der Waals surface area contributed by atoms with E-state index < -0.39 is 0 Å². The summed E-state index contributed by atoms with van der Waals surface area (Å²) < 4.78 is 0. The van der Waals surface area contributed by atoms with Gasteiger partial charge in [-0.3, -0.25) is 0 Å². The van der Waals surface area contributed by atoms with Crippen LogP contribution in [0.4, 0.5) is 5.82 Å². The number of nitrogens with one attached hydrogen (secondary N) is 1. The van der Waals surface area contributed by atoms with E-state index in [0.29, 0.717) is 0 Å². The van der Waals surface area contributed by atoms with Crippen LogP contribution < -0.4 is 5.32 Å². The molecule has 4 heteroatoms. The molecule has 1 heterocycles. The first-order chi connectivity index (χ1) is 6.57. The molecule has 0 aliphatic rings. The summed E-state index contributed by atoms with van der Waals surface area (Å²) >= 11 is 1.55. The molecule has 0 saturated carbocycles. The molecule has 1 aromatic heterocycles. The van der Waals surface area contributed by atoms with E-state index in [1.165, 1.54) is 0 Å². The Kier molecular flexibility index (Phi) is 3.75. The van der Waals surface area contributed by atoms with Crippen LogP contribution in [0.2, 0.25) is 0 Å². The zero-order valence-electron chi connectivity index (χ0n) is 9.16. The molecule has 0 fully saturated rings. The number of aromatic nitrogens is 2. The summed E-state index contributed by atoms with van der Waals surface area (Å²) in [6.45, 7) is 6.48. The number of hydrogen-bond donors (Lipinski definition) is 1. The van der Waals surface area contributed by atoms with Gasteiger partial charge in [0.05, 0.1) is 0 Å². The van der Waals surface area contributed by atoms with Crippen molar-refractivity contribution in [2.75, 3.05) is 11.6 Å². The Labute approximate surface area is 89.7 Å². The van der Waals surface area contributed by atoms with Crippen LogP contribution in [0.15, 0.2) is 17.4 Å². The molecule has 0 atom stereocenters. The minimum absolute atomic E-state index is 0.0873. The molecule has 0 unspecified atom stereocenters. The van der Waals surface area contributed by atoms with E-state index in [1.807, 2.05) is 12.3 Å². The minimum Gasteiger partial charge on any atom is -0.365 e. The lowest BCUT2D eigenvalue weighted by molar-refractivity contribution is 0.544. The average Bonchev–Trinajstić information content (AvgIpc) is 2.17. The van der Waals surface area contributed by atoms with Gasteiger partial charge in [0.1, 0.15) is 5.82 Å². The second-order valence-corrected chi connectivity index (χ2v) is 4.56. The van der Waals surface area contributed by atoms with Gasteiger partial charge in [0, 0.05) is 11.7 Å². The van der Waals surface area contributed by atoms with Crippen LogP contribution in [-0.4, -0.2) is 21.8 Å². The van der Waals surface area contributed by atoms with Crippen molar-refractivity contribution in [1.29, 1.82) is 0 Å². The Balaban J connectivity index is 2.76. The molecule has 0 spiro atoms. The fourth-order valence-corrected chi connectivity index (χ4v) is 1.30. The second kappa shape index (κ2) is 4.64. The molecule has 0 aromatic carbocycles. The van der Waals surface area contributed by atoms with E-state index in [-0.39, 0.29) is 5.54 Å². The fourth-order valence-electron chi connectivity index (χ4n) is 0.944. The summed E-state index contributed by atoms with van der Waals surface area (Å²) in [5.74, 6) is 0.899. The van der Waals surface area contributed by atoms with Gasteiger partial charge in [0.15, 0.2) is 5.16 Å². The van der Waals surface area contributed by atoms with Crippen LogP contribution in [0.5, 0.6) is 0 Å². The Morgan fingerprint density at radius 1 is 1.50 bits per heavy atom. The van der Waals surface area contributed by atoms with Gasteiger partial charge < -0.3 is 5.32 Å². The lowest BCUT2D eigenvalue weighted by atomic mass is 10.0. The first-order valence-electron chi connectivity index (χ1n) is 4.72. The van der Waals surface area contributed by atoms with Gasteiger partial charge in [-0.05, 0) is 32.6 Å². The van der Waals surface area contributed by atoms with Crippen LogP contribution in [0, 0.1) is 0 Å². The highest BCUT2D eigenvalue weighted by atomic mass is 32.2. The highest BCUT2D eigenvalue weighted by Gasteiger charge is 2.14. The van der Waals surface area contributed by atoms with Gasteiger partial charge >= 0.3 is 0 Å². The van der Waals surface area contributed by atoms with E-state index in [4.69, 9.17) is 0 Å². The van der Waals surface area contributed by atoms with E-state index in [1.54, 1.807) is 18.0 Å². The van der Waals surface area contributed by atoms with Crippen molar-refractivity contribution in [3.05, 3.63) is 12.3 Å². The van der Waals surface area contributed by atoms with Crippen LogP contribution in [0.1, 0.15) is 27.2 Å². The summed E-state index contributed by atoms with van der Waals surface area (Å²) in [5, 5.41) is 4.19. The van der Waals surface area contributed by atoms with Crippen molar-refractivity contribution < 1.29 is 0 Å². The molecule has 0 bridgehead atoms. The van der Waals surface area contributed by atoms with Crippen molar-refractivity contribution in [3.63, 3.8) is 0 Å². The maximum absolute atomic E-state index is 4.37. The van der Waals surface area contributed by atoms with Gasteiger partial charge in [-0.25, -0.2) is 9.97 Å². The standard InChI is InChI=1S/C10H17N3S/c1-5-10(2,3)13-8-6-7-11-9(12-8)14-4/h6-7H,5H2,1-4H3,(H,11,12,13). The van der Waals surface area contributed by atoms with Crippen molar-refractivity contribution in [1.82, 2.24) is 9.97 Å². The number of anilines is 1. The van der Waals surface area contributed by atoms with Crippen molar-refractivity contribution in [2.24, 2.45) is 0 Å². The SMILES string of the molecule is CCC(C)(C)Nc1ccnc(SC)n1. The number of thioether (sulfide) groups is 1. The molecule has 14 heavy (non-hydrogen) atoms. The van der Waals surface area contributed by atoms with Gasteiger partial charge in [-0.15, -0.1) is 0 Å². The Bertz CT molecular complexity index is 299. The molecule has 0 amide bonds.